The van der Waals surface area contributed by atoms with Crippen LogP contribution in [0.4, 0.5) is 0 Å². The highest BCUT2D eigenvalue weighted by molar-refractivity contribution is 5.99. The van der Waals surface area contributed by atoms with E-state index in [1.54, 1.807) is 18.5 Å². The summed E-state index contributed by atoms with van der Waals surface area (Å²) in [4.78, 5) is 15.6. The average molecular weight is 204 g/mol. The Bertz CT molecular complexity index is 374. The van der Waals surface area contributed by atoms with Gasteiger partial charge in [-0.25, -0.2) is 0 Å². The molecule has 80 valence electrons. The quantitative estimate of drug-likeness (QED) is 0.749. The van der Waals surface area contributed by atoms with Gasteiger partial charge in [0.15, 0.2) is 5.78 Å². The molecular weight excluding hydrogens is 188 g/mol. The van der Waals surface area contributed by atoms with Crippen LogP contribution in [0.15, 0.2) is 30.6 Å². The Labute approximate surface area is 90.0 Å². The van der Waals surface area contributed by atoms with E-state index in [0.717, 1.165) is 5.56 Å². The molecule has 15 heavy (non-hydrogen) atoms. The minimum atomic E-state index is -0.396. The van der Waals surface area contributed by atoms with Crippen molar-refractivity contribution in [1.82, 2.24) is 4.98 Å². The maximum atomic E-state index is 11.7. The molecule has 0 aliphatic carbocycles. The Hall–Kier alpha value is -1.64. The smallest absolute Gasteiger partial charge is 0.163 e. The molecule has 1 rings (SSSR count). The predicted molar refractivity (Wildman–Crippen MR) is 60.9 cm³/mol. The molecule has 3 nitrogen and oxygen atoms in total. The first-order valence-electron chi connectivity index (χ1n) is 4.83. The van der Waals surface area contributed by atoms with Crippen LogP contribution in [0.1, 0.15) is 26.3 Å². The summed E-state index contributed by atoms with van der Waals surface area (Å²) in [6, 6.07) is 3.62. The van der Waals surface area contributed by atoms with Crippen molar-refractivity contribution in [2.24, 2.45) is 11.1 Å². The topological polar surface area (TPSA) is 56.0 Å². The van der Waals surface area contributed by atoms with E-state index < -0.39 is 5.41 Å². The lowest BCUT2D eigenvalue weighted by Gasteiger charge is -2.14. The first-order valence-corrected chi connectivity index (χ1v) is 4.83. The van der Waals surface area contributed by atoms with Crippen LogP contribution in [-0.2, 0) is 4.79 Å². The van der Waals surface area contributed by atoms with Crippen molar-refractivity contribution in [3.05, 3.63) is 36.2 Å². The number of allylic oxidation sites excluding steroid dienone is 1. The second kappa shape index (κ2) is 4.26. The van der Waals surface area contributed by atoms with Crippen molar-refractivity contribution >= 4 is 11.5 Å². The third kappa shape index (κ3) is 3.20. The lowest BCUT2D eigenvalue weighted by atomic mass is 9.90. The Morgan fingerprint density at radius 1 is 1.47 bits per heavy atom. The Morgan fingerprint density at radius 2 is 2.13 bits per heavy atom. The maximum absolute atomic E-state index is 11.7. The molecule has 0 aliphatic rings. The standard InChI is InChI=1S/C12H16N2O/c1-12(2,3)11(15)7-10(13)9-5-4-6-14-8-9/h4-8H,13H2,1-3H3/b10-7+. The van der Waals surface area contributed by atoms with Crippen LogP contribution < -0.4 is 5.73 Å². The van der Waals surface area contributed by atoms with E-state index in [-0.39, 0.29) is 5.78 Å². The van der Waals surface area contributed by atoms with Gasteiger partial charge in [-0.3, -0.25) is 9.78 Å². The molecule has 0 bridgehead atoms. The Kier molecular flexibility index (Phi) is 3.24. The van der Waals surface area contributed by atoms with Crippen molar-refractivity contribution < 1.29 is 4.79 Å². The van der Waals surface area contributed by atoms with Crippen molar-refractivity contribution in [1.29, 1.82) is 0 Å². The average Bonchev–Trinajstić information content (AvgIpc) is 2.17. The fourth-order valence-electron chi connectivity index (χ4n) is 0.975. The molecule has 0 fully saturated rings. The molecule has 0 atom stereocenters. The van der Waals surface area contributed by atoms with Crippen molar-refractivity contribution in [3.63, 3.8) is 0 Å². The molecule has 0 unspecified atom stereocenters. The lowest BCUT2D eigenvalue weighted by Crippen LogP contribution is -2.18. The van der Waals surface area contributed by atoms with Crippen molar-refractivity contribution in [3.8, 4) is 0 Å². The summed E-state index contributed by atoms with van der Waals surface area (Å²) in [7, 11) is 0. The minimum absolute atomic E-state index is 0.0175. The molecule has 0 aromatic carbocycles. The molecule has 0 radical (unpaired) electrons. The number of hydrogen-bond donors (Lipinski definition) is 1. The van der Waals surface area contributed by atoms with Gasteiger partial charge in [0.05, 0.1) is 0 Å². The first-order chi connectivity index (χ1) is 6.91. The van der Waals surface area contributed by atoms with Gasteiger partial charge in [0.1, 0.15) is 0 Å². The number of carbonyl (C=O) groups excluding carboxylic acids is 1. The summed E-state index contributed by atoms with van der Waals surface area (Å²) >= 11 is 0. The van der Waals surface area contributed by atoms with Gasteiger partial charge in [-0.1, -0.05) is 20.8 Å². The van der Waals surface area contributed by atoms with Gasteiger partial charge < -0.3 is 5.73 Å². The molecule has 1 aromatic heterocycles. The molecule has 3 heteroatoms. The molecule has 1 heterocycles. The first kappa shape index (κ1) is 11.4. The van der Waals surface area contributed by atoms with E-state index in [0.29, 0.717) is 5.70 Å². The van der Waals surface area contributed by atoms with E-state index in [2.05, 4.69) is 4.98 Å². The molecule has 0 amide bonds. The highest BCUT2D eigenvalue weighted by atomic mass is 16.1. The number of nitrogens with two attached hydrogens (primary N) is 1. The fraction of sp³-hybridized carbons (Fsp3) is 0.333. The Morgan fingerprint density at radius 3 is 2.60 bits per heavy atom. The maximum Gasteiger partial charge on any atom is 0.163 e. The number of pyridine rings is 1. The van der Waals surface area contributed by atoms with Gasteiger partial charge in [0.25, 0.3) is 0 Å². The SMILES string of the molecule is CC(C)(C)C(=O)/C=C(/N)c1cccnc1. The van der Waals surface area contributed by atoms with Crippen LogP contribution in [-0.4, -0.2) is 10.8 Å². The second-order valence-corrected chi connectivity index (χ2v) is 4.46. The number of carbonyl (C=O) groups is 1. The second-order valence-electron chi connectivity index (χ2n) is 4.46. The Balaban J connectivity index is 2.91. The fourth-order valence-corrected chi connectivity index (χ4v) is 0.975. The summed E-state index contributed by atoms with van der Waals surface area (Å²) in [6.07, 6.45) is 4.78. The monoisotopic (exact) mass is 204 g/mol. The summed E-state index contributed by atoms with van der Waals surface area (Å²) in [6.45, 7) is 5.59. The predicted octanol–water partition coefficient (Wildman–Crippen LogP) is 2.00. The van der Waals surface area contributed by atoms with E-state index >= 15 is 0 Å². The van der Waals surface area contributed by atoms with E-state index in [1.807, 2.05) is 26.8 Å². The van der Waals surface area contributed by atoms with Crippen molar-refractivity contribution in [2.75, 3.05) is 0 Å². The zero-order chi connectivity index (χ0) is 11.5. The van der Waals surface area contributed by atoms with Crippen LogP contribution in [0.2, 0.25) is 0 Å². The lowest BCUT2D eigenvalue weighted by molar-refractivity contribution is -0.121. The molecule has 2 N–H and O–H groups in total. The largest absolute Gasteiger partial charge is 0.398 e. The highest BCUT2D eigenvalue weighted by Gasteiger charge is 2.19. The van der Waals surface area contributed by atoms with Gasteiger partial charge in [0.2, 0.25) is 0 Å². The zero-order valence-corrected chi connectivity index (χ0v) is 9.32. The van der Waals surface area contributed by atoms with Gasteiger partial charge >= 0.3 is 0 Å². The van der Waals surface area contributed by atoms with Gasteiger partial charge in [-0.2, -0.15) is 0 Å². The number of aromatic nitrogens is 1. The third-order valence-electron chi connectivity index (χ3n) is 2.02. The summed E-state index contributed by atoms with van der Waals surface area (Å²) < 4.78 is 0. The van der Waals surface area contributed by atoms with Gasteiger partial charge in [-0.15, -0.1) is 0 Å². The molecule has 0 aliphatic heterocycles. The van der Waals surface area contributed by atoms with Crippen LogP contribution in [0, 0.1) is 5.41 Å². The molecule has 0 saturated heterocycles. The van der Waals surface area contributed by atoms with Crippen molar-refractivity contribution in [2.45, 2.75) is 20.8 Å². The number of nitrogens with zero attached hydrogens (tertiary/aromatic N) is 1. The summed E-state index contributed by atoms with van der Waals surface area (Å²) in [5, 5.41) is 0. The number of rotatable bonds is 2. The van der Waals surface area contributed by atoms with Crippen LogP contribution in [0.25, 0.3) is 5.70 Å². The van der Waals surface area contributed by atoms with E-state index in [9.17, 15) is 4.79 Å². The van der Waals surface area contributed by atoms with Gasteiger partial charge in [-0.05, 0) is 12.1 Å². The highest BCUT2D eigenvalue weighted by Crippen LogP contribution is 2.17. The normalized spacial score (nSPS) is 12.6. The van der Waals surface area contributed by atoms with Gasteiger partial charge in [0, 0.05) is 35.1 Å². The number of hydrogen-bond acceptors (Lipinski definition) is 3. The van der Waals surface area contributed by atoms with Crippen LogP contribution in [0.3, 0.4) is 0 Å². The van der Waals surface area contributed by atoms with Crippen LogP contribution >= 0.6 is 0 Å². The van der Waals surface area contributed by atoms with Crippen LogP contribution in [0.5, 0.6) is 0 Å². The molecule has 0 saturated carbocycles. The van der Waals surface area contributed by atoms with E-state index in [1.165, 1.54) is 6.08 Å². The summed E-state index contributed by atoms with van der Waals surface area (Å²) in [5.41, 5.74) is 6.63. The molecular formula is C12H16N2O. The third-order valence-corrected chi connectivity index (χ3v) is 2.02. The summed E-state index contributed by atoms with van der Waals surface area (Å²) in [5.74, 6) is 0.0175. The zero-order valence-electron chi connectivity index (χ0n) is 9.32. The van der Waals surface area contributed by atoms with E-state index in [4.69, 9.17) is 5.73 Å². The molecule has 1 aromatic rings. The molecule has 0 spiro atoms. The number of ketones is 1. The minimum Gasteiger partial charge on any atom is -0.398 e.